The van der Waals surface area contributed by atoms with Gasteiger partial charge in [-0.25, -0.2) is 4.98 Å². The molecule has 0 aliphatic heterocycles. The van der Waals surface area contributed by atoms with Gasteiger partial charge in [-0.05, 0) is 27.2 Å². The van der Waals surface area contributed by atoms with E-state index in [1.807, 2.05) is 20.8 Å². The highest BCUT2D eigenvalue weighted by Gasteiger charge is 2.23. The lowest BCUT2D eigenvalue weighted by molar-refractivity contribution is 0.0813. The van der Waals surface area contributed by atoms with Gasteiger partial charge in [0.1, 0.15) is 0 Å². The first-order chi connectivity index (χ1) is 5.95. The van der Waals surface area contributed by atoms with Crippen molar-refractivity contribution in [2.45, 2.75) is 46.1 Å². The number of aromatic nitrogens is 1. The molecule has 0 amide bonds. The number of aryl methyl sites for hydroxylation is 2. The van der Waals surface area contributed by atoms with Gasteiger partial charge in [-0.3, -0.25) is 0 Å². The van der Waals surface area contributed by atoms with Crippen molar-refractivity contribution in [3.8, 4) is 0 Å². The maximum absolute atomic E-state index is 9.88. The van der Waals surface area contributed by atoms with Crippen LogP contribution in [0, 0.1) is 6.92 Å². The van der Waals surface area contributed by atoms with Crippen LogP contribution in [0.3, 0.4) is 0 Å². The topological polar surface area (TPSA) is 33.1 Å². The SMILES string of the molecule is CCCc1nc(C)sc1C(C)(C)O. The lowest BCUT2D eigenvalue weighted by Crippen LogP contribution is -2.15. The van der Waals surface area contributed by atoms with E-state index in [0.29, 0.717) is 0 Å². The van der Waals surface area contributed by atoms with Crippen molar-refractivity contribution in [1.82, 2.24) is 4.98 Å². The van der Waals surface area contributed by atoms with Gasteiger partial charge in [-0.15, -0.1) is 11.3 Å². The number of thiazole rings is 1. The van der Waals surface area contributed by atoms with Crippen LogP contribution in [0.1, 0.15) is 42.8 Å². The first-order valence-electron chi connectivity index (χ1n) is 4.64. The first-order valence-corrected chi connectivity index (χ1v) is 5.46. The Labute approximate surface area is 83.6 Å². The molecule has 3 heteroatoms. The summed E-state index contributed by atoms with van der Waals surface area (Å²) in [4.78, 5) is 5.45. The van der Waals surface area contributed by atoms with Gasteiger partial charge in [-0.1, -0.05) is 13.3 Å². The van der Waals surface area contributed by atoms with Crippen molar-refractivity contribution in [3.05, 3.63) is 15.6 Å². The number of rotatable bonds is 3. The highest BCUT2D eigenvalue weighted by molar-refractivity contribution is 7.11. The second-order valence-electron chi connectivity index (χ2n) is 3.82. The largest absolute Gasteiger partial charge is 0.385 e. The van der Waals surface area contributed by atoms with Crippen molar-refractivity contribution in [3.63, 3.8) is 0 Å². The molecular formula is C10H17NOS. The molecule has 74 valence electrons. The molecule has 1 rings (SSSR count). The molecule has 0 aliphatic carbocycles. The van der Waals surface area contributed by atoms with Crippen molar-refractivity contribution in [2.75, 3.05) is 0 Å². The minimum absolute atomic E-state index is 0.740. The van der Waals surface area contributed by atoms with Crippen molar-refractivity contribution in [2.24, 2.45) is 0 Å². The van der Waals surface area contributed by atoms with Crippen LogP contribution in [0.4, 0.5) is 0 Å². The first kappa shape index (κ1) is 10.7. The number of hydrogen-bond donors (Lipinski definition) is 1. The maximum atomic E-state index is 9.88. The zero-order valence-corrected chi connectivity index (χ0v) is 9.53. The highest BCUT2D eigenvalue weighted by atomic mass is 32.1. The molecule has 0 unspecified atom stereocenters. The molecule has 0 radical (unpaired) electrons. The summed E-state index contributed by atoms with van der Waals surface area (Å²) in [5.74, 6) is 0. The maximum Gasteiger partial charge on any atom is 0.0950 e. The highest BCUT2D eigenvalue weighted by Crippen LogP contribution is 2.30. The Hall–Kier alpha value is -0.410. The summed E-state index contributed by atoms with van der Waals surface area (Å²) in [6.07, 6.45) is 2.04. The van der Waals surface area contributed by atoms with E-state index in [2.05, 4.69) is 11.9 Å². The van der Waals surface area contributed by atoms with E-state index in [9.17, 15) is 5.11 Å². The van der Waals surface area contributed by atoms with Gasteiger partial charge in [0, 0.05) is 0 Å². The molecule has 0 fully saturated rings. The lowest BCUT2D eigenvalue weighted by atomic mass is 10.0. The summed E-state index contributed by atoms with van der Waals surface area (Å²) in [6.45, 7) is 7.75. The molecule has 1 aromatic heterocycles. The molecule has 0 saturated carbocycles. The normalized spacial score (nSPS) is 12.1. The molecule has 0 aromatic carbocycles. The third-order valence-electron chi connectivity index (χ3n) is 1.85. The van der Waals surface area contributed by atoms with Gasteiger partial charge < -0.3 is 5.11 Å². The van der Waals surface area contributed by atoms with Crippen LogP contribution in [0.2, 0.25) is 0 Å². The Morgan fingerprint density at radius 2 is 2.08 bits per heavy atom. The fourth-order valence-corrected chi connectivity index (χ4v) is 2.32. The smallest absolute Gasteiger partial charge is 0.0950 e. The zero-order chi connectivity index (χ0) is 10.1. The molecule has 0 saturated heterocycles. The van der Waals surface area contributed by atoms with Crippen LogP contribution in [0.15, 0.2) is 0 Å². The molecule has 0 spiro atoms. The van der Waals surface area contributed by atoms with Crippen molar-refractivity contribution in [1.29, 1.82) is 0 Å². The molecule has 2 nitrogen and oxygen atoms in total. The van der Waals surface area contributed by atoms with Gasteiger partial charge >= 0.3 is 0 Å². The summed E-state index contributed by atoms with van der Waals surface area (Å²) in [5.41, 5.74) is 0.327. The van der Waals surface area contributed by atoms with Crippen LogP contribution >= 0.6 is 11.3 Å². The van der Waals surface area contributed by atoms with E-state index < -0.39 is 5.60 Å². The predicted molar refractivity (Wildman–Crippen MR) is 56.1 cm³/mol. The second kappa shape index (κ2) is 3.76. The van der Waals surface area contributed by atoms with E-state index in [0.717, 1.165) is 28.4 Å². The van der Waals surface area contributed by atoms with Gasteiger partial charge in [0.2, 0.25) is 0 Å². The van der Waals surface area contributed by atoms with Gasteiger partial charge in [0.15, 0.2) is 0 Å². The van der Waals surface area contributed by atoms with Crippen LogP contribution in [0.5, 0.6) is 0 Å². The standard InChI is InChI=1S/C10H17NOS/c1-5-6-8-9(10(3,4)12)13-7(2)11-8/h12H,5-6H2,1-4H3. The molecule has 0 atom stereocenters. The Balaban J connectivity index is 3.04. The van der Waals surface area contributed by atoms with Crippen molar-refractivity contribution < 1.29 is 5.11 Å². The minimum atomic E-state index is -0.740. The fraction of sp³-hybridized carbons (Fsp3) is 0.700. The van der Waals surface area contributed by atoms with Crippen LogP contribution < -0.4 is 0 Å². The number of aliphatic hydroxyl groups is 1. The Bertz CT molecular complexity index is 286. The Kier molecular flexibility index (Phi) is 3.09. The summed E-state index contributed by atoms with van der Waals surface area (Å²) < 4.78 is 0. The summed E-state index contributed by atoms with van der Waals surface area (Å²) >= 11 is 1.60. The zero-order valence-electron chi connectivity index (χ0n) is 8.72. The van der Waals surface area contributed by atoms with E-state index in [1.54, 1.807) is 11.3 Å². The summed E-state index contributed by atoms with van der Waals surface area (Å²) in [5, 5.41) is 10.9. The van der Waals surface area contributed by atoms with Crippen LogP contribution in [0.25, 0.3) is 0 Å². The van der Waals surface area contributed by atoms with Crippen LogP contribution in [-0.4, -0.2) is 10.1 Å². The van der Waals surface area contributed by atoms with Gasteiger partial charge in [0.25, 0.3) is 0 Å². The fourth-order valence-electron chi connectivity index (χ4n) is 1.35. The van der Waals surface area contributed by atoms with E-state index in [1.165, 1.54) is 0 Å². The Morgan fingerprint density at radius 1 is 1.46 bits per heavy atom. The average Bonchev–Trinajstić information content (AvgIpc) is 2.30. The van der Waals surface area contributed by atoms with Crippen LogP contribution in [-0.2, 0) is 12.0 Å². The molecule has 1 aromatic rings. The Morgan fingerprint density at radius 3 is 2.54 bits per heavy atom. The third kappa shape index (κ3) is 2.51. The number of hydrogen-bond acceptors (Lipinski definition) is 3. The molecule has 13 heavy (non-hydrogen) atoms. The van der Waals surface area contributed by atoms with Gasteiger partial charge in [-0.2, -0.15) is 0 Å². The van der Waals surface area contributed by atoms with E-state index >= 15 is 0 Å². The average molecular weight is 199 g/mol. The van der Waals surface area contributed by atoms with Gasteiger partial charge in [0.05, 0.1) is 21.2 Å². The lowest BCUT2D eigenvalue weighted by Gasteiger charge is -2.16. The molecular weight excluding hydrogens is 182 g/mol. The summed E-state index contributed by atoms with van der Waals surface area (Å²) in [6, 6.07) is 0. The van der Waals surface area contributed by atoms with E-state index in [-0.39, 0.29) is 0 Å². The second-order valence-corrected chi connectivity index (χ2v) is 5.02. The van der Waals surface area contributed by atoms with E-state index in [4.69, 9.17) is 0 Å². The molecule has 0 aliphatic rings. The monoisotopic (exact) mass is 199 g/mol. The minimum Gasteiger partial charge on any atom is -0.385 e. The van der Waals surface area contributed by atoms with Crippen molar-refractivity contribution >= 4 is 11.3 Å². The molecule has 0 bridgehead atoms. The summed E-state index contributed by atoms with van der Waals surface area (Å²) in [7, 11) is 0. The molecule has 1 heterocycles. The number of nitrogens with zero attached hydrogens (tertiary/aromatic N) is 1. The molecule has 1 N–H and O–H groups in total. The quantitative estimate of drug-likeness (QED) is 0.811. The third-order valence-corrected chi connectivity index (χ3v) is 3.17. The predicted octanol–water partition coefficient (Wildman–Crippen LogP) is 2.63.